The van der Waals surface area contributed by atoms with E-state index in [1.807, 2.05) is 6.92 Å². The molecule has 0 amide bonds. The van der Waals surface area contributed by atoms with E-state index in [-0.39, 0.29) is 22.8 Å². The van der Waals surface area contributed by atoms with Gasteiger partial charge in [0.25, 0.3) is 0 Å². The van der Waals surface area contributed by atoms with Crippen LogP contribution in [-0.2, 0) is 17.3 Å². The molecule has 0 radical (unpaired) electrons. The number of halogens is 3. The van der Waals surface area contributed by atoms with Crippen LogP contribution in [0.5, 0.6) is 11.8 Å². The first-order valence-electron chi connectivity index (χ1n) is 9.91. The Kier molecular flexibility index (Phi) is 5.88. The van der Waals surface area contributed by atoms with Gasteiger partial charge in [-0.3, -0.25) is 13.7 Å². The van der Waals surface area contributed by atoms with Gasteiger partial charge in [-0.05, 0) is 62.0 Å². The van der Waals surface area contributed by atoms with E-state index < -0.39 is 27.7 Å². The van der Waals surface area contributed by atoms with Crippen LogP contribution in [0, 0.1) is 10.1 Å². The number of piperidine rings is 1. The highest BCUT2D eigenvalue weighted by Gasteiger charge is 2.42. The molecule has 0 N–H and O–H groups in total. The fourth-order valence-electron chi connectivity index (χ4n) is 4.09. The Morgan fingerprint density at radius 1 is 1.31 bits per heavy atom. The van der Waals surface area contributed by atoms with Crippen LogP contribution in [0.3, 0.4) is 0 Å². The minimum absolute atomic E-state index is 0.101. The molecule has 13 heteroatoms. The molecule has 9 nitrogen and oxygen atoms in total. The van der Waals surface area contributed by atoms with E-state index in [1.165, 1.54) is 30.5 Å². The average molecular weight is 474 g/mol. The van der Waals surface area contributed by atoms with Gasteiger partial charge < -0.3 is 19.6 Å². The lowest BCUT2D eigenvalue weighted by Gasteiger charge is -2.35. The van der Waals surface area contributed by atoms with Crippen molar-refractivity contribution < 1.29 is 31.8 Å². The third-order valence-corrected chi connectivity index (χ3v) is 7.26. The normalized spacial score (nSPS) is 22.9. The molecule has 2 aliphatic heterocycles. The molecule has 174 valence electrons. The Morgan fingerprint density at radius 2 is 1.97 bits per heavy atom. The van der Waals surface area contributed by atoms with Crippen LogP contribution < -0.4 is 9.47 Å². The van der Waals surface area contributed by atoms with Crippen molar-refractivity contribution in [1.29, 1.82) is 0 Å². The second-order valence-corrected chi connectivity index (χ2v) is 9.84. The molecular formula is C19H21F3N4O5S. The first-order valence-corrected chi connectivity index (χ1v) is 11.1. The van der Waals surface area contributed by atoms with E-state index in [1.54, 1.807) is 4.57 Å². The molecule has 1 unspecified atom stereocenters. The Labute approximate surface area is 183 Å². The predicted octanol–water partition coefficient (Wildman–Crippen LogP) is 3.11. The van der Waals surface area contributed by atoms with Gasteiger partial charge in [0.05, 0.1) is 17.3 Å². The van der Waals surface area contributed by atoms with Gasteiger partial charge in [-0.15, -0.1) is 13.2 Å². The van der Waals surface area contributed by atoms with Gasteiger partial charge in [-0.1, -0.05) is 0 Å². The third kappa shape index (κ3) is 5.04. The summed E-state index contributed by atoms with van der Waals surface area (Å²) in [4.78, 5) is 16.8. The molecule has 0 aliphatic carbocycles. The zero-order valence-electron chi connectivity index (χ0n) is 17.1. The molecule has 1 aromatic carbocycles. The highest BCUT2D eigenvalue weighted by Crippen LogP contribution is 2.32. The van der Waals surface area contributed by atoms with Crippen molar-refractivity contribution in [3.8, 4) is 11.8 Å². The van der Waals surface area contributed by atoms with Gasteiger partial charge in [0.2, 0.25) is 0 Å². The topological polar surface area (TPSA) is 99.7 Å². The molecule has 0 saturated carbocycles. The van der Waals surface area contributed by atoms with E-state index in [0.717, 1.165) is 0 Å². The van der Waals surface area contributed by atoms with Gasteiger partial charge in [0, 0.05) is 21.7 Å². The zero-order chi connectivity index (χ0) is 23.1. The number of nitro groups is 1. The van der Waals surface area contributed by atoms with Crippen molar-refractivity contribution in [1.82, 2.24) is 14.5 Å². The standard InChI is InChI=1S/C19H21F3N4O5S/c1-18(12-25-10-16(26(27)28)23-17(25)31-18)11-24-8-6-15(7-9-24)32(29)14-4-2-13(3-5-14)30-19(20,21)22/h2-5,10,15H,6-9,11-12H2,1H3/t18?,32-/m1/s1. The predicted molar refractivity (Wildman–Crippen MR) is 107 cm³/mol. The lowest BCUT2D eigenvalue weighted by molar-refractivity contribution is -0.389. The molecule has 1 fully saturated rings. The Balaban J connectivity index is 1.29. The minimum atomic E-state index is -4.76. The van der Waals surface area contributed by atoms with Crippen LogP contribution in [0.1, 0.15) is 19.8 Å². The lowest BCUT2D eigenvalue weighted by Crippen LogP contribution is -2.48. The smallest absolute Gasteiger partial charge is 0.436 e. The van der Waals surface area contributed by atoms with Crippen molar-refractivity contribution in [2.75, 3.05) is 19.6 Å². The molecule has 3 heterocycles. The highest BCUT2D eigenvalue weighted by atomic mass is 32.2. The first-order chi connectivity index (χ1) is 15.0. The van der Waals surface area contributed by atoms with Gasteiger partial charge in [0.15, 0.2) is 0 Å². The maximum atomic E-state index is 12.8. The first kappa shape index (κ1) is 22.5. The summed E-state index contributed by atoms with van der Waals surface area (Å²) in [6.07, 6.45) is -2.07. The quantitative estimate of drug-likeness (QED) is 0.469. The van der Waals surface area contributed by atoms with Crippen LogP contribution in [0.2, 0.25) is 0 Å². The Hall–Kier alpha value is -2.67. The van der Waals surface area contributed by atoms with Crippen molar-refractivity contribution in [2.45, 2.75) is 48.4 Å². The molecular weight excluding hydrogens is 453 g/mol. The van der Waals surface area contributed by atoms with E-state index in [4.69, 9.17) is 4.74 Å². The second kappa shape index (κ2) is 8.35. The fourth-order valence-corrected chi connectivity index (χ4v) is 5.51. The number of alkyl halides is 3. The van der Waals surface area contributed by atoms with E-state index >= 15 is 0 Å². The number of likely N-dealkylation sites (tertiary alicyclic amines) is 1. The number of hydrogen-bond donors (Lipinski definition) is 0. The molecule has 1 aromatic heterocycles. The van der Waals surface area contributed by atoms with Gasteiger partial charge in [0.1, 0.15) is 17.5 Å². The van der Waals surface area contributed by atoms with Crippen molar-refractivity contribution in [2.24, 2.45) is 0 Å². The van der Waals surface area contributed by atoms with Crippen LogP contribution in [0.15, 0.2) is 35.4 Å². The SMILES string of the molecule is CC1(CN2CCC([S@](=O)c3ccc(OC(F)(F)F)cc3)CC2)Cn2cc([N+](=O)[O-])nc2O1. The number of fused-ring (bicyclic) bond motifs is 1. The molecule has 4 rings (SSSR count). The highest BCUT2D eigenvalue weighted by molar-refractivity contribution is 7.85. The number of aromatic nitrogens is 2. The monoisotopic (exact) mass is 474 g/mol. The zero-order valence-corrected chi connectivity index (χ0v) is 17.9. The number of hydrogen-bond acceptors (Lipinski definition) is 7. The number of benzene rings is 1. The van der Waals surface area contributed by atoms with E-state index in [9.17, 15) is 27.5 Å². The molecule has 2 aromatic rings. The summed E-state index contributed by atoms with van der Waals surface area (Å²) in [5.74, 6) is -0.591. The molecule has 0 bridgehead atoms. The summed E-state index contributed by atoms with van der Waals surface area (Å²) in [6.45, 7) is 4.33. The maximum Gasteiger partial charge on any atom is 0.573 e. The van der Waals surface area contributed by atoms with Crippen LogP contribution in [0.4, 0.5) is 19.0 Å². The minimum Gasteiger partial charge on any atom is -0.436 e. The van der Waals surface area contributed by atoms with Gasteiger partial charge in [-0.25, -0.2) is 0 Å². The van der Waals surface area contributed by atoms with Crippen LogP contribution in [-0.4, -0.2) is 60.4 Å². The summed E-state index contributed by atoms with van der Waals surface area (Å²) in [5, 5.41) is 10.7. The molecule has 32 heavy (non-hydrogen) atoms. The summed E-state index contributed by atoms with van der Waals surface area (Å²) in [6, 6.07) is 5.37. The van der Waals surface area contributed by atoms with Crippen LogP contribution >= 0.6 is 0 Å². The number of rotatable bonds is 6. The number of ether oxygens (including phenoxy) is 2. The molecule has 1 saturated heterocycles. The third-order valence-electron chi connectivity index (χ3n) is 5.44. The second-order valence-electron chi connectivity index (χ2n) is 8.11. The number of nitrogens with zero attached hydrogens (tertiary/aromatic N) is 4. The van der Waals surface area contributed by atoms with Crippen LogP contribution in [0.25, 0.3) is 0 Å². The van der Waals surface area contributed by atoms with E-state index in [2.05, 4.69) is 14.6 Å². The molecule has 2 aliphatic rings. The van der Waals surface area contributed by atoms with Crippen molar-refractivity contribution >= 4 is 16.6 Å². The van der Waals surface area contributed by atoms with Gasteiger partial charge >= 0.3 is 18.2 Å². The largest absolute Gasteiger partial charge is 0.573 e. The average Bonchev–Trinajstić information content (AvgIpc) is 3.22. The summed E-state index contributed by atoms with van der Waals surface area (Å²) in [7, 11) is -1.34. The van der Waals surface area contributed by atoms with E-state index in [0.29, 0.717) is 43.9 Å². The van der Waals surface area contributed by atoms with Crippen molar-refractivity contribution in [3.05, 3.63) is 40.6 Å². The summed E-state index contributed by atoms with van der Waals surface area (Å²) >= 11 is 0. The Bertz CT molecular complexity index is 995. The summed E-state index contributed by atoms with van der Waals surface area (Å²) in [5.41, 5.74) is -0.572. The van der Waals surface area contributed by atoms with Gasteiger partial charge in [-0.2, -0.15) is 0 Å². The maximum absolute atomic E-state index is 12.8. The fraction of sp³-hybridized carbons (Fsp3) is 0.526. The Morgan fingerprint density at radius 3 is 2.53 bits per heavy atom. The summed E-state index contributed by atoms with van der Waals surface area (Å²) < 4.78 is 61.0. The lowest BCUT2D eigenvalue weighted by atomic mass is 10.0. The molecule has 2 atom stereocenters. The molecule has 0 spiro atoms. The van der Waals surface area contributed by atoms with Crippen molar-refractivity contribution in [3.63, 3.8) is 0 Å². The number of imidazole rings is 1.